The van der Waals surface area contributed by atoms with E-state index in [1.165, 1.54) is 7.11 Å². The van der Waals surface area contributed by atoms with Crippen LogP contribution in [0, 0.1) is 0 Å². The van der Waals surface area contributed by atoms with Gasteiger partial charge in [-0.1, -0.05) is 52.6 Å². The first-order valence-electron chi connectivity index (χ1n) is 6.58. The summed E-state index contributed by atoms with van der Waals surface area (Å²) in [4.78, 5) is 19.0. The molecule has 0 unspecified atom stereocenters. The zero-order valence-corrected chi connectivity index (χ0v) is 13.2. The first-order chi connectivity index (χ1) is 10.6. The molecule has 0 radical (unpaired) electrons. The third-order valence-electron chi connectivity index (χ3n) is 3.42. The van der Waals surface area contributed by atoms with Crippen molar-refractivity contribution in [2.45, 2.75) is 6.54 Å². The minimum Gasteiger partial charge on any atom is -0.398 e. The molecule has 112 valence electrons. The zero-order chi connectivity index (χ0) is 15.7. The maximum absolute atomic E-state index is 12.6. The Bertz CT molecular complexity index is 774. The van der Waals surface area contributed by atoms with Crippen molar-refractivity contribution in [1.29, 1.82) is 0 Å². The van der Waals surface area contributed by atoms with Crippen LogP contribution in [0.15, 0.2) is 47.6 Å². The van der Waals surface area contributed by atoms with Crippen LogP contribution in [-0.2, 0) is 16.2 Å². The standard InChI is InChI=1S/C16H12Cl2N2O2/c1-22-19-15-12-4-2-3-5-14(12)20(16(15)21)9-10-6-7-11(17)8-13(10)18/h2-8H,9H2,1H3. The van der Waals surface area contributed by atoms with Crippen LogP contribution in [-0.4, -0.2) is 18.7 Å². The van der Waals surface area contributed by atoms with Crippen molar-refractivity contribution >= 4 is 40.5 Å². The smallest absolute Gasteiger partial charge is 0.281 e. The highest BCUT2D eigenvalue weighted by Crippen LogP contribution is 2.32. The molecule has 1 amide bonds. The Hall–Kier alpha value is -2.04. The number of halogens is 2. The molecule has 0 spiro atoms. The van der Waals surface area contributed by atoms with Crippen LogP contribution in [0.25, 0.3) is 0 Å². The summed E-state index contributed by atoms with van der Waals surface area (Å²) in [5.41, 5.74) is 2.64. The van der Waals surface area contributed by atoms with Crippen LogP contribution in [0.1, 0.15) is 11.1 Å². The summed E-state index contributed by atoms with van der Waals surface area (Å²) < 4.78 is 0. The molecule has 0 bridgehead atoms. The van der Waals surface area contributed by atoms with Gasteiger partial charge in [0.1, 0.15) is 7.11 Å². The maximum Gasteiger partial charge on any atom is 0.281 e. The predicted molar refractivity (Wildman–Crippen MR) is 87.6 cm³/mol. The molecule has 6 heteroatoms. The van der Waals surface area contributed by atoms with E-state index in [0.717, 1.165) is 16.8 Å². The number of benzene rings is 2. The van der Waals surface area contributed by atoms with Crippen molar-refractivity contribution in [3.63, 3.8) is 0 Å². The van der Waals surface area contributed by atoms with Crippen molar-refractivity contribution in [2.24, 2.45) is 5.16 Å². The van der Waals surface area contributed by atoms with Crippen LogP contribution in [0.3, 0.4) is 0 Å². The number of amides is 1. The number of carbonyl (C=O) groups excluding carboxylic acids is 1. The molecule has 0 saturated heterocycles. The Labute approximate surface area is 137 Å². The summed E-state index contributed by atoms with van der Waals surface area (Å²) in [5.74, 6) is -0.214. The van der Waals surface area contributed by atoms with E-state index in [-0.39, 0.29) is 5.91 Å². The molecule has 4 nitrogen and oxygen atoms in total. The molecule has 0 fully saturated rings. The SMILES string of the molecule is CON=C1C(=O)N(Cc2ccc(Cl)cc2Cl)c2ccccc21. The van der Waals surface area contributed by atoms with E-state index in [4.69, 9.17) is 28.0 Å². The summed E-state index contributed by atoms with van der Waals surface area (Å²) in [6.45, 7) is 0.342. The number of oxime groups is 1. The molecule has 1 aliphatic heterocycles. The third-order valence-corrected chi connectivity index (χ3v) is 4.01. The summed E-state index contributed by atoms with van der Waals surface area (Å²) >= 11 is 12.1. The van der Waals surface area contributed by atoms with Gasteiger partial charge in [0.15, 0.2) is 5.71 Å². The van der Waals surface area contributed by atoms with E-state index in [2.05, 4.69) is 5.16 Å². The number of hydrogen-bond donors (Lipinski definition) is 0. The lowest BCUT2D eigenvalue weighted by molar-refractivity contribution is -0.112. The van der Waals surface area contributed by atoms with Crippen LogP contribution in [0.5, 0.6) is 0 Å². The van der Waals surface area contributed by atoms with E-state index < -0.39 is 0 Å². The highest BCUT2D eigenvalue weighted by Gasteiger charge is 2.34. The lowest BCUT2D eigenvalue weighted by Crippen LogP contribution is -2.29. The molecule has 22 heavy (non-hydrogen) atoms. The molecule has 0 atom stereocenters. The van der Waals surface area contributed by atoms with E-state index >= 15 is 0 Å². The van der Waals surface area contributed by atoms with Gasteiger partial charge in [-0.05, 0) is 23.8 Å². The minimum absolute atomic E-state index is 0.214. The fraction of sp³-hybridized carbons (Fsp3) is 0.125. The summed E-state index contributed by atoms with van der Waals surface area (Å²) in [6.07, 6.45) is 0. The Morgan fingerprint density at radius 3 is 2.68 bits per heavy atom. The fourth-order valence-corrected chi connectivity index (χ4v) is 2.89. The second-order valence-corrected chi connectivity index (χ2v) is 5.61. The van der Waals surface area contributed by atoms with Crippen molar-refractivity contribution < 1.29 is 9.63 Å². The summed E-state index contributed by atoms with van der Waals surface area (Å²) in [6, 6.07) is 12.7. The molecule has 0 aromatic heterocycles. The number of carbonyl (C=O) groups is 1. The number of para-hydroxylation sites is 1. The van der Waals surface area contributed by atoms with Gasteiger partial charge < -0.3 is 9.74 Å². The Kier molecular flexibility index (Phi) is 4.05. The van der Waals surface area contributed by atoms with Gasteiger partial charge in [-0.25, -0.2) is 0 Å². The summed E-state index contributed by atoms with van der Waals surface area (Å²) in [7, 11) is 1.42. The van der Waals surface area contributed by atoms with Gasteiger partial charge >= 0.3 is 0 Å². The number of rotatable bonds is 3. The molecular formula is C16H12Cl2N2O2. The minimum atomic E-state index is -0.214. The maximum atomic E-state index is 12.6. The van der Waals surface area contributed by atoms with Gasteiger partial charge in [-0.2, -0.15) is 0 Å². The van der Waals surface area contributed by atoms with Gasteiger partial charge in [0.2, 0.25) is 0 Å². The van der Waals surface area contributed by atoms with E-state index in [1.54, 1.807) is 17.0 Å². The van der Waals surface area contributed by atoms with Crippen LogP contribution in [0.2, 0.25) is 10.0 Å². The number of nitrogens with zero attached hydrogens (tertiary/aromatic N) is 2. The average molecular weight is 335 g/mol. The van der Waals surface area contributed by atoms with Gasteiger partial charge in [0, 0.05) is 15.6 Å². The molecule has 2 aromatic rings. The second kappa shape index (κ2) is 5.99. The number of fused-ring (bicyclic) bond motifs is 1. The summed E-state index contributed by atoms with van der Waals surface area (Å²) in [5, 5.41) is 4.93. The molecule has 2 aromatic carbocycles. The quantitative estimate of drug-likeness (QED) is 0.799. The van der Waals surface area contributed by atoms with Crippen LogP contribution in [0.4, 0.5) is 5.69 Å². The van der Waals surface area contributed by atoms with Crippen molar-refractivity contribution in [2.75, 3.05) is 12.0 Å². The van der Waals surface area contributed by atoms with Crippen molar-refractivity contribution in [3.05, 3.63) is 63.6 Å². The largest absolute Gasteiger partial charge is 0.398 e. The van der Waals surface area contributed by atoms with Gasteiger partial charge in [0.25, 0.3) is 5.91 Å². The molecule has 0 aliphatic carbocycles. The van der Waals surface area contributed by atoms with Crippen molar-refractivity contribution in [3.8, 4) is 0 Å². The predicted octanol–water partition coefficient (Wildman–Crippen LogP) is 3.89. The number of anilines is 1. The monoisotopic (exact) mass is 334 g/mol. The molecule has 1 aliphatic rings. The zero-order valence-electron chi connectivity index (χ0n) is 11.7. The normalized spacial score (nSPS) is 15.3. The van der Waals surface area contributed by atoms with E-state index in [1.807, 2.05) is 30.3 Å². The Morgan fingerprint density at radius 2 is 1.95 bits per heavy atom. The molecule has 0 saturated carbocycles. The highest BCUT2D eigenvalue weighted by atomic mass is 35.5. The Morgan fingerprint density at radius 1 is 1.18 bits per heavy atom. The highest BCUT2D eigenvalue weighted by molar-refractivity contribution is 6.54. The van der Waals surface area contributed by atoms with E-state index in [9.17, 15) is 4.79 Å². The van der Waals surface area contributed by atoms with Gasteiger partial charge in [0.05, 0.1) is 12.2 Å². The lowest BCUT2D eigenvalue weighted by Gasteiger charge is -2.17. The van der Waals surface area contributed by atoms with Crippen molar-refractivity contribution in [1.82, 2.24) is 0 Å². The van der Waals surface area contributed by atoms with E-state index in [0.29, 0.717) is 22.3 Å². The first kappa shape index (κ1) is 14.9. The second-order valence-electron chi connectivity index (χ2n) is 4.77. The van der Waals surface area contributed by atoms with Crippen LogP contribution >= 0.6 is 23.2 Å². The van der Waals surface area contributed by atoms with Crippen LogP contribution < -0.4 is 4.90 Å². The van der Waals surface area contributed by atoms with Gasteiger partial charge in [-0.3, -0.25) is 4.79 Å². The first-order valence-corrected chi connectivity index (χ1v) is 7.33. The molecule has 0 N–H and O–H groups in total. The third kappa shape index (κ3) is 2.56. The number of hydrogen-bond acceptors (Lipinski definition) is 3. The lowest BCUT2D eigenvalue weighted by atomic mass is 10.1. The Balaban J connectivity index is 2.01. The fourth-order valence-electron chi connectivity index (χ4n) is 2.42. The average Bonchev–Trinajstić information content (AvgIpc) is 2.76. The van der Waals surface area contributed by atoms with Gasteiger partial charge in [-0.15, -0.1) is 0 Å². The molecule has 1 heterocycles. The topological polar surface area (TPSA) is 41.9 Å². The molecule has 3 rings (SSSR count). The molecular weight excluding hydrogens is 323 g/mol.